The highest BCUT2D eigenvalue weighted by atomic mass is 16.5. The molecule has 0 fully saturated rings. The van der Waals surface area contributed by atoms with Crippen LogP contribution in [0.5, 0.6) is 5.75 Å². The number of hydrogen-bond donors (Lipinski definition) is 1. The molecule has 0 saturated heterocycles. The highest BCUT2D eigenvalue weighted by Gasteiger charge is 2.05. The van der Waals surface area contributed by atoms with E-state index in [2.05, 4.69) is 18.9 Å². The van der Waals surface area contributed by atoms with Crippen molar-refractivity contribution in [3.8, 4) is 5.75 Å². The Hall–Kier alpha value is -1.81. The highest BCUT2D eigenvalue weighted by Crippen LogP contribution is 2.15. The van der Waals surface area contributed by atoms with Crippen molar-refractivity contribution in [3.05, 3.63) is 47.8 Å². The second-order valence-electron chi connectivity index (χ2n) is 4.64. The first-order chi connectivity index (χ1) is 9.22. The summed E-state index contributed by atoms with van der Waals surface area (Å²) in [4.78, 5) is 0. The average Bonchev–Trinajstić information content (AvgIpc) is 2.93. The summed E-state index contributed by atoms with van der Waals surface area (Å²) in [6, 6.07) is 9.82. The zero-order chi connectivity index (χ0) is 13.7. The number of aliphatic hydroxyl groups is 1. The van der Waals surface area contributed by atoms with E-state index in [0.29, 0.717) is 12.6 Å². The third-order valence-corrected chi connectivity index (χ3v) is 3.20. The van der Waals surface area contributed by atoms with E-state index in [9.17, 15) is 0 Å². The number of rotatable bonds is 6. The summed E-state index contributed by atoms with van der Waals surface area (Å²) in [5.41, 5.74) is 1.81. The molecule has 1 atom stereocenters. The lowest BCUT2D eigenvalue weighted by Crippen LogP contribution is -2.05. The van der Waals surface area contributed by atoms with E-state index in [1.807, 2.05) is 41.2 Å². The largest absolute Gasteiger partial charge is 0.487 e. The van der Waals surface area contributed by atoms with Gasteiger partial charge in [-0.1, -0.05) is 19.1 Å². The van der Waals surface area contributed by atoms with Crippen LogP contribution >= 0.6 is 0 Å². The molecular weight excluding hydrogens is 240 g/mol. The minimum absolute atomic E-state index is 0.0552. The lowest BCUT2D eigenvalue weighted by molar-refractivity contribution is 0.280. The van der Waals surface area contributed by atoms with E-state index in [-0.39, 0.29) is 6.61 Å². The predicted molar refractivity (Wildman–Crippen MR) is 73.9 cm³/mol. The van der Waals surface area contributed by atoms with Crippen LogP contribution in [0.25, 0.3) is 0 Å². The van der Waals surface area contributed by atoms with Crippen molar-refractivity contribution in [2.45, 2.75) is 39.5 Å². The van der Waals surface area contributed by atoms with Gasteiger partial charge >= 0.3 is 0 Å². The topological polar surface area (TPSA) is 47.3 Å². The summed E-state index contributed by atoms with van der Waals surface area (Å²) in [5, 5.41) is 13.4. The maximum atomic E-state index is 8.96. The standard InChI is InChI=1S/C15H20N2O2/c1-3-12(2)17-9-8-14(16-17)11-19-15-6-4-13(10-18)5-7-15/h4-9,12,18H,3,10-11H2,1-2H3. The molecule has 0 aliphatic heterocycles. The van der Waals surface area contributed by atoms with Crippen LogP contribution in [0.1, 0.15) is 37.6 Å². The molecule has 0 radical (unpaired) electrons. The van der Waals surface area contributed by atoms with Crippen LogP contribution in [-0.2, 0) is 13.2 Å². The molecule has 2 rings (SSSR count). The Morgan fingerprint density at radius 3 is 2.63 bits per heavy atom. The Morgan fingerprint density at radius 1 is 1.26 bits per heavy atom. The van der Waals surface area contributed by atoms with Crippen LogP contribution < -0.4 is 4.74 Å². The zero-order valence-corrected chi connectivity index (χ0v) is 11.4. The van der Waals surface area contributed by atoms with Gasteiger partial charge in [0.15, 0.2) is 0 Å². The van der Waals surface area contributed by atoms with Crippen LogP contribution in [0.3, 0.4) is 0 Å². The molecule has 1 aromatic heterocycles. The molecule has 1 N–H and O–H groups in total. The van der Waals surface area contributed by atoms with Gasteiger partial charge in [-0.25, -0.2) is 0 Å². The van der Waals surface area contributed by atoms with E-state index >= 15 is 0 Å². The van der Waals surface area contributed by atoms with Gasteiger partial charge in [0.2, 0.25) is 0 Å². The van der Waals surface area contributed by atoms with Crippen molar-refractivity contribution in [3.63, 3.8) is 0 Å². The number of nitrogens with zero attached hydrogens (tertiary/aromatic N) is 2. The number of aliphatic hydroxyl groups excluding tert-OH is 1. The van der Waals surface area contributed by atoms with Crippen LogP contribution in [0.4, 0.5) is 0 Å². The first-order valence-electron chi connectivity index (χ1n) is 6.59. The average molecular weight is 260 g/mol. The molecule has 0 aliphatic carbocycles. The molecule has 19 heavy (non-hydrogen) atoms. The zero-order valence-electron chi connectivity index (χ0n) is 11.4. The minimum Gasteiger partial charge on any atom is -0.487 e. The molecule has 0 amide bonds. The van der Waals surface area contributed by atoms with Gasteiger partial charge in [-0.3, -0.25) is 4.68 Å². The van der Waals surface area contributed by atoms with Crippen LogP contribution in [0.2, 0.25) is 0 Å². The molecular formula is C15H20N2O2. The summed E-state index contributed by atoms with van der Waals surface area (Å²) in [6.45, 7) is 4.80. The van der Waals surface area contributed by atoms with Crippen molar-refractivity contribution >= 4 is 0 Å². The van der Waals surface area contributed by atoms with Gasteiger partial charge in [0.05, 0.1) is 12.3 Å². The lowest BCUT2D eigenvalue weighted by atomic mass is 10.2. The molecule has 0 saturated carbocycles. The van der Waals surface area contributed by atoms with Gasteiger partial charge in [0.25, 0.3) is 0 Å². The van der Waals surface area contributed by atoms with Gasteiger partial charge < -0.3 is 9.84 Å². The maximum absolute atomic E-state index is 8.96. The Balaban J connectivity index is 1.92. The SMILES string of the molecule is CCC(C)n1ccc(COc2ccc(CO)cc2)n1. The number of benzene rings is 1. The van der Waals surface area contributed by atoms with E-state index in [0.717, 1.165) is 23.4 Å². The van der Waals surface area contributed by atoms with Gasteiger partial charge in [0.1, 0.15) is 12.4 Å². The maximum Gasteiger partial charge on any atom is 0.132 e. The summed E-state index contributed by atoms with van der Waals surface area (Å²) in [7, 11) is 0. The second kappa shape index (κ2) is 6.38. The second-order valence-corrected chi connectivity index (χ2v) is 4.64. The minimum atomic E-state index is 0.0552. The summed E-state index contributed by atoms with van der Waals surface area (Å²) in [6.07, 6.45) is 3.05. The molecule has 0 aliphatic rings. The monoisotopic (exact) mass is 260 g/mol. The molecule has 2 aromatic rings. The summed E-state index contributed by atoms with van der Waals surface area (Å²) in [5.74, 6) is 0.787. The van der Waals surface area contributed by atoms with Crippen molar-refractivity contribution < 1.29 is 9.84 Å². The van der Waals surface area contributed by atoms with Gasteiger partial charge in [-0.2, -0.15) is 5.10 Å². The Kier molecular flexibility index (Phi) is 4.58. The first kappa shape index (κ1) is 13.6. The molecule has 4 heteroatoms. The van der Waals surface area contributed by atoms with Crippen molar-refractivity contribution in [1.29, 1.82) is 0 Å². The Bertz CT molecular complexity index is 505. The lowest BCUT2D eigenvalue weighted by Gasteiger charge is -2.08. The van der Waals surface area contributed by atoms with Crippen LogP contribution in [-0.4, -0.2) is 14.9 Å². The normalized spacial score (nSPS) is 12.4. The molecule has 4 nitrogen and oxygen atoms in total. The first-order valence-corrected chi connectivity index (χ1v) is 6.59. The number of ether oxygens (including phenoxy) is 1. The highest BCUT2D eigenvalue weighted by molar-refractivity contribution is 5.26. The number of aromatic nitrogens is 2. The van der Waals surface area contributed by atoms with Crippen molar-refractivity contribution in [2.24, 2.45) is 0 Å². The van der Waals surface area contributed by atoms with Crippen molar-refractivity contribution in [1.82, 2.24) is 9.78 Å². The third-order valence-electron chi connectivity index (χ3n) is 3.20. The van der Waals surface area contributed by atoms with Crippen LogP contribution in [0.15, 0.2) is 36.5 Å². The van der Waals surface area contributed by atoms with E-state index in [4.69, 9.17) is 9.84 Å². The molecule has 1 aromatic carbocycles. The molecule has 0 bridgehead atoms. The van der Waals surface area contributed by atoms with Crippen molar-refractivity contribution in [2.75, 3.05) is 0 Å². The molecule has 0 spiro atoms. The fourth-order valence-corrected chi connectivity index (χ4v) is 1.74. The van der Waals surface area contributed by atoms with Crippen LogP contribution in [0, 0.1) is 0 Å². The fraction of sp³-hybridized carbons (Fsp3) is 0.400. The predicted octanol–water partition coefficient (Wildman–Crippen LogP) is 2.93. The Morgan fingerprint density at radius 2 is 2.00 bits per heavy atom. The van der Waals surface area contributed by atoms with Gasteiger partial charge in [-0.15, -0.1) is 0 Å². The molecule has 1 unspecified atom stereocenters. The Labute approximate surface area is 113 Å². The smallest absolute Gasteiger partial charge is 0.132 e. The molecule has 1 heterocycles. The quantitative estimate of drug-likeness (QED) is 0.868. The van der Waals surface area contributed by atoms with Gasteiger partial charge in [-0.05, 0) is 37.1 Å². The van der Waals surface area contributed by atoms with E-state index < -0.39 is 0 Å². The van der Waals surface area contributed by atoms with E-state index in [1.54, 1.807) is 0 Å². The summed E-state index contributed by atoms with van der Waals surface area (Å²) >= 11 is 0. The fourth-order valence-electron chi connectivity index (χ4n) is 1.74. The molecule has 102 valence electrons. The summed E-state index contributed by atoms with van der Waals surface area (Å²) < 4.78 is 7.63. The van der Waals surface area contributed by atoms with E-state index in [1.165, 1.54) is 0 Å². The van der Waals surface area contributed by atoms with Gasteiger partial charge in [0, 0.05) is 12.2 Å². The third kappa shape index (κ3) is 3.58. The number of hydrogen-bond acceptors (Lipinski definition) is 3.